The maximum absolute atomic E-state index is 12.5. The van der Waals surface area contributed by atoms with Crippen LogP contribution in [0.2, 0.25) is 0 Å². The van der Waals surface area contributed by atoms with Gasteiger partial charge in [-0.25, -0.2) is 18.1 Å². The van der Waals surface area contributed by atoms with Crippen LogP contribution in [0.15, 0.2) is 23.1 Å². The molecule has 2 heterocycles. The fraction of sp³-hybridized carbons (Fsp3) is 0.650. The number of sulfonamides is 1. The lowest BCUT2D eigenvalue weighted by molar-refractivity contribution is -0.0607. The van der Waals surface area contributed by atoms with Gasteiger partial charge in [0, 0.05) is 24.6 Å². The molecule has 1 aromatic heterocycles. The summed E-state index contributed by atoms with van der Waals surface area (Å²) >= 11 is 0. The largest absolute Gasteiger partial charge is 0.376 e. The number of fused-ring (bicyclic) bond motifs is 1. The third-order valence-electron chi connectivity index (χ3n) is 4.97. The van der Waals surface area contributed by atoms with Gasteiger partial charge in [0.05, 0.1) is 21.5 Å². The number of benzene rings is 1. The van der Waals surface area contributed by atoms with E-state index in [2.05, 4.69) is 37.0 Å². The van der Waals surface area contributed by atoms with Crippen molar-refractivity contribution in [3.63, 3.8) is 0 Å². The van der Waals surface area contributed by atoms with E-state index in [1.807, 2.05) is 19.9 Å². The number of rotatable bonds is 5. The van der Waals surface area contributed by atoms with Gasteiger partial charge in [-0.15, -0.1) is 0 Å². The molecule has 1 N–H and O–H groups in total. The van der Waals surface area contributed by atoms with Crippen LogP contribution in [0.5, 0.6) is 0 Å². The first kappa shape index (κ1) is 20.3. The second-order valence-corrected chi connectivity index (χ2v) is 10.4. The number of ether oxygens (including phenoxy) is 1. The molecule has 2 aromatic rings. The predicted octanol–water partition coefficient (Wildman–Crippen LogP) is 3.98. The minimum atomic E-state index is -3.54. The first-order chi connectivity index (χ1) is 12.5. The van der Waals surface area contributed by atoms with Gasteiger partial charge < -0.3 is 9.30 Å². The normalized spacial score (nSPS) is 20.7. The second kappa shape index (κ2) is 7.18. The minimum absolute atomic E-state index is 0.154. The Morgan fingerprint density at radius 2 is 1.96 bits per heavy atom. The van der Waals surface area contributed by atoms with Gasteiger partial charge in [-0.1, -0.05) is 0 Å². The average molecular weight is 394 g/mol. The summed E-state index contributed by atoms with van der Waals surface area (Å²) in [5, 5.41) is 0. The van der Waals surface area contributed by atoms with Crippen LogP contribution in [0.4, 0.5) is 0 Å². The molecule has 1 aliphatic rings. The van der Waals surface area contributed by atoms with Crippen LogP contribution in [-0.4, -0.2) is 36.2 Å². The molecule has 7 heteroatoms. The molecule has 1 aromatic carbocycles. The van der Waals surface area contributed by atoms with E-state index in [-0.39, 0.29) is 22.6 Å². The van der Waals surface area contributed by atoms with E-state index in [1.54, 1.807) is 12.1 Å². The number of aromatic nitrogens is 2. The molecular formula is C20H31N3O3S. The van der Waals surface area contributed by atoms with Crippen molar-refractivity contribution in [3.05, 3.63) is 24.0 Å². The highest BCUT2D eigenvalue weighted by atomic mass is 32.2. The van der Waals surface area contributed by atoms with Gasteiger partial charge in [0.25, 0.3) is 0 Å². The molecule has 150 valence electrons. The molecule has 1 fully saturated rings. The predicted molar refractivity (Wildman–Crippen MR) is 108 cm³/mol. The average Bonchev–Trinajstić information content (AvgIpc) is 2.91. The Labute approximate surface area is 162 Å². The summed E-state index contributed by atoms with van der Waals surface area (Å²) in [6.07, 6.45) is 1.84. The second-order valence-electron chi connectivity index (χ2n) is 8.66. The number of hydrogen-bond donors (Lipinski definition) is 1. The number of nitrogens with one attached hydrogen (secondary N) is 1. The van der Waals surface area contributed by atoms with Gasteiger partial charge in [0.2, 0.25) is 10.0 Å². The summed E-state index contributed by atoms with van der Waals surface area (Å²) in [4.78, 5) is 5.15. The zero-order valence-corrected chi connectivity index (χ0v) is 17.9. The topological polar surface area (TPSA) is 73.2 Å². The van der Waals surface area contributed by atoms with Gasteiger partial charge in [0.1, 0.15) is 5.82 Å². The number of nitrogens with zero attached hydrogens (tertiary/aromatic N) is 2. The molecule has 1 aliphatic heterocycles. The molecular weight excluding hydrogens is 362 g/mol. The third-order valence-corrected chi connectivity index (χ3v) is 6.62. The molecule has 0 spiro atoms. The van der Waals surface area contributed by atoms with Crippen LogP contribution in [0, 0.1) is 0 Å². The van der Waals surface area contributed by atoms with Crippen molar-refractivity contribution < 1.29 is 13.2 Å². The van der Waals surface area contributed by atoms with Crippen LogP contribution < -0.4 is 4.72 Å². The van der Waals surface area contributed by atoms with E-state index >= 15 is 0 Å². The Morgan fingerprint density at radius 3 is 2.56 bits per heavy atom. The lowest BCUT2D eigenvalue weighted by Crippen LogP contribution is -2.34. The van der Waals surface area contributed by atoms with Crippen molar-refractivity contribution in [1.82, 2.24) is 14.3 Å². The Bertz CT molecular complexity index is 929. The Hall–Kier alpha value is -1.44. The van der Waals surface area contributed by atoms with E-state index in [1.165, 1.54) is 0 Å². The van der Waals surface area contributed by atoms with Crippen molar-refractivity contribution in [1.29, 1.82) is 0 Å². The maximum atomic E-state index is 12.5. The standard InChI is InChI=1S/C20H31N3O3S/c1-13(2)22-27(24,25)16-7-8-18-17(11-16)21-19(23(18)14(3)4)15-9-10-26-20(5,6)12-15/h7-8,11,13-15,22H,9-10,12H2,1-6H3. The van der Waals surface area contributed by atoms with Crippen molar-refractivity contribution >= 4 is 21.1 Å². The molecule has 1 unspecified atom stereocenters. The Morgan fingerprint density at radius 1 is 1.26 bits per heavy atom. The highest BCUT2D eigenvalue weighted by Gasteiger charge is 2.33. The summed E-state index contributed by atoms with van der Waals surface area (Å²) in [6, 6.07) is 5.33. The van der Waals surface area contributed by atoms with E-state index in [0.29, 0.717) is 5.92 Å². The summed E-state index contributed by atoms with van der Waals surface area (Å²) in [7, 11) is -3.54. The molecule has 3 rings (SSSR count). The van der Waals surface area contributed by atoms with E-state index in [4.69, 9.17) is 9.72 Å². The monoisotopic (exact) mass is 393 g/mol. The van der Waals surface area contributed by atoms with Crippen LogP contribution in [0.1, 0.15) is 72.2 Å². The van der Waals surface area contributed by atoms with E-state index < -0.39 is 10.0 Å². The van der Waals surface area contributed by atoms with E-state index in [9.17, 15) is 8.42 Å². The molecule has 0 radical (unpaired) electrons. The molecule has 1 atom stereocenters. The maximum Gasteiger partial charge on any atom is 0.240 e. The van der Waals surface area contributed by atoms with Crippen LogP contribution >= 0.6 is 0 Å². The lowest BCUT2D eigenvalue weighted by Gasteiger charge is -2.35. The fourth-order valence-corrected chi connectivity index (χ4v) is 5.20. The molecule has 1 saturated heterocycles. The first-order valence-corrected chi connectivity index (χ1v) is 11.2. The van der Waals surface area contributed by atoms with Crippen molar-refractivity contribution in [3.8, 4) is 0 Å². The summed E-state index contributed by atoms with van der Waals surface area (Å²) < 4.78 is 35.8. The quantitative estimate of drug-likeness (QED) is 0.834. The van der Waals surface area contributed by atoms with Crippen molar-refractivity contribution in [2.24, 2.45) is 0 Å². The summed E-state index contributed by atoms with van der Waals surface area (Å²) in [6.45, 7) is 12.9. The van der Waals surface area contributed by atoms with Crippen LogP contribution in [-0.2, 0) is 14.8 Å². The molecule has 6 nitrogen and oxygen atoms in total. The summed E-state index contributed by atoms with van der Waals surface area (Å²) in [5.41, 5.74) is 1.54. The number of hydrogen-bond acceptors (Lipinski definition) is 4. The molecule has 0 saturated carbocycles. The first-order valence-electron chi connectivity index (χ1n) is 9.68. The highest BCUT2D eigenvalue weighted by molar-refractivity contribution is 7.89. The zero-order chi connectivity index (χ0) is 20.0. The van der Waals surface area contributed by atoms with Gasteiger partial charge in [-0.2, -0.15) is 0 Å². The smallest absolute Gasteiger partial charge is 0.240 e. The molecule has 0 aliphatic carbocycles. The summed E-state index contributed by atoms with van der Waals surface area (Å²) in [5.74, 6) is 1.33. The van der Waals surface area contributed by atoms with Crippen molar-refractivity contribution in [2.75, 3.05) is 6.61 Å². The van der Waals surface area contributed by atoms with Gasteiger partial charge in [-0.3, -0.25) is 0 Å². The SMILES string of the molecule is CC(C)NS(=O)(=O)c1ccc2c(c1)nc(C1CCOC(C)(C)C1)n2C(C)C. The Balaban J connectivity index is 2.09. The fourth-order valence-electron chi connectivity index (χ4n) is 3.93. The lowest BCUT2D eigenvalue weighted by atomic mass is 9.87. The molecule has 27 heavy (non-hydrogen) atoms. The molecule has 0 amide bonds. The Kier molecular flexibility index (Phi) is 5.40. The van der Waals surface area contributed by atoms with Crippen LogP contribution in [0.3, 0.4) is 0 Å². The molecule has 0 bridgehead atoms. The van der Waals surface area contributed by atoms with Crippen molar-refractivity contribution in [2.45, 2.75) is 82.9 Å². The third kappa shape index (κ3) is 4.20. The minimum Gasteiger partial charge on any atom is -0.376 e. The van der Waals surface area contributed by atoms with E-state index in [0.717, 1.165) is 36.3 Å². The number of imidazole rings is 1. The van der Waals surface area contributed by atoms with Gasteiger partial charge >= 0.3 is 0 Å². The van der Waals surface area contributed by atoms with Crippen LogP contribution in [0.25, 0.3) is 11.0 Å². The highest BCUT2D eigenvalue weighted by Crippen LogP contribution is 2.37. The zero-order valence-electron chi connectivity index (χ0n) is 17.1. The van der Waals surface area contributed by atoms with Gasteiger partial charge in [0.15, 0.2) is 0 Å². The van der Waals surface area contributed by atoms with Gasteiger partial charge in [-0.05, 0) is 72.6 Å².